The average molecular weight is 483 g/mol. The Labute approximate surface area is 204 Å². The Morgan fingerprint density at radius 1 is 1.00 bits per heavy atom. The number of carboxylic acid groups (broad SMARTS) is 2. The van der Waals surface area contributed by atoms with Crippen LogP contribution in [0.25, 0.3) is 5.57 Å². The van der Waals surface area contributed by atoms with E-state index >= 15 is 0 Å². The van der Waals surface area contributed by atoms with E-state index in [1.807, 2.05) is 11.8 Å². The first-order chi connectivity index (χ1) is 16.3. The lowest BCUT2D eigenvalue weighted by molar-refractivity contribution is -0.134. The molecule has 8 heteroatoms. The lowest BCUT2D eigenvalue weighted by Gasteiger charge is -2.30. The molecule has 2 aliphatic heterocycles. The zero-order valence-electron chi connectivity index (χ0n) is 19.4. The zero-order valence-corrected chi connectivity index (χ0v) is 20.3. The molecule has 2 aromatic carbocycles. The molecule has 1 saturated heterocycles. The lowest BCUT2D eigenvalue weighted by atomic mass is 9.95. The molecule has 0 spiro atoms. The van der Waals surface area contributed by atoms with Gasteiger partial charge in [0.2, 0.25) is 0 Å². The van der Waals surface area contributed by atoms with Crippen LogP contribution < -0.4 is 4.90 Å². The number of carboxylic acids is 2. The van der Waals surface area contributed by atoms with Gasteiger partial charge in [-0.2, -0.15) is 0 Å². The maximum atomic E-state index is 9.55. The van der Waals surface area contributed by atoms with E-state index in [1.54, 1.807) is 0 Å². The number of rotatable bonds is 6. The summed E-state index contributed by atoms with van der Waals surface area (Å²) < 4.78 is 5.52. The smallest absolute Gasteiger partial charge is 0.328 e. The fraction of sp³-hybridized carbons (Fsp3) is 0.308. The zero-order chi connectivity index (χ0) is 24.5. The summed E-state index contributed by atoms with van der Waals surface area (Å²) in [5, 5.41) is 15.6. The molecule has 2 aliphatic rings. The number of ether oxygens (including phenoxy) is 1. The van der Waals surface area contributed by atoms with E-state index in [4.69, 9.17) is 14.9 Å². The number of hydrogen-bond donors (Lipinski definition) is 2. The number of hydrogen-bond acceptors (Lipinski definition) is 6. The van der Waals surface area contributed by atoms with Crippen molar-refractivity contribution in [3.63, 3.8) is 0 Å². The highest BCUT2D eigenvalue weighted by atomic mass is 32.2. The van der Waals surface area contributed by atoms with Gasteiger partial charge in [0.1, 0.15) is 0 Å². The molecule has 34 heavy (non-hydrogen) atoms. The van der Waals surface area contributed by atoms with Crippen molar-refractivity contribution in [1.29, 1.82) is 0 Å². The molecule has 0 radical (unpaired) electrons. The number of morpholine rings is 1. The molecule has 0 amide bonds. The molecular formula is C26H30N2O5S. The van der Waals surface area contributed by atoms with E-state index in [0.717, 1.165) is 39.3 Å². The van der Waals surface area contributed by atoms with Crippen molar-refractivity contribution in [2.75, 3.05) is 51.8 Å². The Kier molecular flexibility index (Phi) is 9.33. The maximum absolute atomic E-state index is 9.55. The summed E-state index contributed by atoms with van der Waals surface area (Å²) in [6, 6.07) is 15.7. The van der Waals surface area contributed by atoms with Crippen molar-refractivity contribution in [2.45, 2.75) is 16.2 Å². The SMILES string of the molecule is CN(C)CC/C=C1\c2ccccc2Sc2ccc(N3CCOCC3)cc21.O=C(O)/C=C\C(=O)O. The van der Waals surface area contributed by atoms with Gasteiger partial charge in [0.05, 0.1) is 13.2 Å². The molecule has 2 aromatic rings. The molecule has 0 aliphatic carbocycles. The van der Waals surface area contributed by atoms with Gasteiger partial charge in [0, 0.05) is 47.3 Å². The van der Waals surface area contributed by atoms with Crippen molar-refractivity contribution in [1.82, 2.24) is 4.90 Å². The number of nitrogens with zero attached hydrogens (tertiary/aromatic N) is 2. The maximum Gasteiger partial charge on any atom is 0.328 e. The minimum Gasteiger partial charge on any atom is -0.478 e. The Morgan fingerprint density at radius 3 is 2.29 bits per heavy atom. The molecule has 2 heterocycles. The summed E-state index contributed by atoms with van der Waals surface area (Å²) in [6.45, 7) is 4.65. The Balaban J connectivity index is 0.000000350. The van der Waals surface area contributed by atoms with Crippen molar-refractivity contribution in [3.05, 3.63) is 71.8 Å². The summed E-state index contributed by atoms with van der Waals surface area (Å²) in [5.41, 5.74) is 5.43. The Morgan fingerprint density at radius 2 is 1.65 bits per heavy atom. The molecule has 1 fully saturated rings. The van der Waals surface area contributed by atoms with Gasteiger partial charge >= 0.3 is 11.9 Å². The normalized spacial score (nSPS) is 16.1. The van der Waals surface area contributed by atoms with Crippen LogP contribution >= 0.6 is 11.8 Å². The van der Waals surface area contributed by atoms with Crippen LogP contribution in [0.2, 0.25) is 0 Å². The fourth-order valence-electron chi connectivity index (χ4n) is 3.71. The highest BCUT2D eigenvalue weighted by Crippen LogP contribution is 2.46. The first-order valence-corrected chi connectivity index (χ1v) is 11.9. The fourth-order valence-corrected chi connectivity index (χ4v) is 4.79. The van der Waals surface area contributed by atoms with Gasteiger partial charge in [0.15, 0.2) is 0 Å². The minimum absolute atomic E-state index is 0.558. The van der Waals surface area contributed by atoms with Gasteiger partial charge in [-0.1, -0.05) is 36.0 Å². The highest BCUT2D eigenvalue weighted by Gasteiger charge is 2.22. The standard InChI is InChI=1S/C22H26N2OS.C4H4O4/c1-23(2)11-5-7-18-19-6-3-4-8-21(19)26-22-10-9-17(16-20(18)22)24-12-14-25-15-13-24;5-3(6)1-2-4(7)8/h3-4,6-10,16H,5,11-15H2,1-2H3;1-2H,(H,5,6)(H,7,8)/b18-7+;2-1-. The summed E-state index contributed by atoms with van der Waals surface area (Å²) in [6.07, 6.45) is 4.59. The molecule has 180 valence electrons. The lowest BCUT2D eigenvalue weighted by Crippen LogP contribution is -2.36. The topological polar surface area (TPSA) is 90.3 Å². The van der Waals surface area contributed by atoms with Crippen LogP contribution in [0.5, 0.6) is 0 Å². The predicted molar refractivity (Wildman–Crippen MR) is 135 cm³/mol. The third kappa shape index (κ3) is 7.21. The van der Waals surface area contributed by atoms with E-state index in [1.165, 1.54) is 32.2 Å². The third-order valence-electron chi connectivity index (χ3n) is 5.32. The molecule has 0 saturated carbocycles. The van der Waals surface area contributed by atoms with Crippen LogP contribution in [-0.4, -0.2) is 74.0 Å². The molecular weight excluding hydrogens is 452 g/mol. The summed E-state index contributed by atoms with van der Waals surface area (Å²) in [4.78, 5) is 26.5. The van der Waals surface area contributed by atoms with Crippen LogP contribution in [0.15, 0.2) is 70.5 Å². The van der Waals surface area contributed by atoms with Crippen molar-refractivity contribution >= 4 is 35.0 Å². The molecule has 0 unspecified atom stereocenters. The van der Waals surface area contributed by atoms with Crippen molar-refractivity contribution in [2.24, 2.45) is 0 Å². The quantitative estimate of drug-likeness (QED) is 0.508. The number of carbonyl (C=O) groups is 2. The first kappa shape index (κ1) is 25.6. The number of anilines is 1. The summed E-state index contributed by atoms with van der Waals surface area (Å²) in [7, 11) is 4.27. The van der Waals surface area contributed by atoms with E-state index in [2.05, 4.69) is 72.4 Å². The van der Waals surface area contributed by atoms with E-state index < -0.39 is 11.9 Å². The highest BCUT2D eigenvalue weighted by molar-refractivity contribution is 7.99. The third-order valence-corrected chi connectivity index (χ3v) is 6.47. The summed E-state index contributed by atoms with van der Waals surface area (Å²) in [5.74, 6) is -2.51. The van der Waals surface area contributed by atoms with Gasteiger partial charge in [-0.3, -0.25) is 0 Å². The van der Waals surface area contributed by atoms with E-state index in [-0.39, 0.29) is 0 Å². The van der Waals surface area contributed by atoms with Crippen LogP contribution in [-0.2, 0) is 14.3 Å². The molecule has 0 atom stereocenters. The second kappa shape index (κ2) is 12.4. The van der Waals surface area contributed by atoms with Gasteiger partial charge in [0.25, 0.3) is 0 Å². The van der Waals surface area contributed by atoms with Gasteiger partial charge < -0.3 is 24.7 Å². The molecule has 0 bridgehead atoms. The van der Waals surface area contributed by atoms with Gasteiger partial charge in [-0.25, -0.2) is 9.59 Å². The van der Waals surface area contributed by atoms with Crippen molar-refractivity contribution in [3.8, 4) is 0 Å². The second-order valence-electron chi connectivity index (χ2n) is 8.10. The molecule has 7 nitrogen and oxygen atoms in total. The van der Waals surface area contributed by atoms with Crippen molar-refractivity contribution < 1.29 is 24.5 Å². The molecule has 2 N–H and O–H groups in total. The van der Waals surface area contributed by atoms with Gasteiger partial charge in [-0.15, -0.1) is 0 Å². The number of fused-ring (bicyclic) bond motifs is 2. The summed E-state index contributed by atoms with van der Waals surface area (Å²) >= 11 is 1.89. The number of benzene rings is 2. The number of aliphatic carboxylic acids is 2. The van der Waals surface area contributed by atoms with Crippen LogP contribution in [0.4, 0.5) is 5.69 Å². The van der Waals surface area contributed by atoms with Gasteiger partial charge in [-0.05, 0) is 61.5 Å². The second-order valence-corrected chi connectivity index (χ2v) is 9.18. The van der Waals surface area contributed by atoms with Crippen LogP contribution in [0, 0.1) is 0 Å². The first-order valence-electron chi connectivity index (χ1n) is 11.1. The van der Waals surface area contributed by atoms with E-state index in [0.29, 0.717) is 12.2 Å². The predicted octanol–water partition coefficient (Wildman–Crippen LogP) is 4.08. The molecule has 4 rings (SSSR count). The van der Waals surface area contributed by atoms with Crippen LogP contribution in [0.3, 0.4) is 0 Å². The monoisotopic (exact) mass is 482 g/mol. The molecule has 0 aromatic heterocycles. The minimum atomic E-state index is -1.26. The Bertz CT molecular complexity index is 1060. The largest absolute Gasteiger partial charge is 0.478 e. The Hall–Kier alpha value is -3.07. The van der Waals surface area contributed by atoms with E-state index in [9.17, 15) is 9.59 Å². The van der Waals surface area contributed by atoms with Crippen LogP contribution in [0.1, 0.15) is 17.5 Å². The average Bonchev–Trinajstić information content (AvgIpc) is 2.83.